The molecule has 0 spiro atoms. The molecule has 2 heterocycles. The molecule has 1 amide bonds. The summed E-state index contributed by atoms with van der Waals surface area (Å²) >= 11 is 3.14. The molecule has 0 N–H and O–H groups in total. The number of hydrogen-bond acceptors (Lipinski definition) is 4. The number of carbonyl (C=O) groups excluding carboxylic acids is 1. The van der Waals surface area contributed by atoms with Crippen molar-refractivity contribution in [2.24, 2.45) is 7.05 Å². The Morgan fingerprint density at radius 2 is 2.23 bits per heavy atom. The van der Waals surface area contributed by atoms with E-state index in [-0.39, 0.29) is 5.91 Å². The van der Waals surface area contributed by atoms with Gasteiger partial charge in [-0.3, -0.25) is 4.79 Å². The van der Waals surface area contributed by atoms with Crippen molar-refractivity contribution in [3.8, 4) is 0 Å². The standard InChI is InChI=1S/C16H17N3OS2/c1-18-8-15(13-5-3-4-6-14(13)18)22-10-16(20)19(2)7-12-9-21-11-17-12/h3-6,8-9,11H,7,10H2,1-2H3. The van der Waals surface area contributed by atoms with Crippen molar-refractivity contribution in [1.29, 1.82) is 0 Å². The van der Waals surface area contributed by atoms with Gasteiger partial charge in [0.15, 0.2) is 0 Å². The minimum atomic E-state index is 0.117. The lowest BCUT2D eigenvalue weighted by Crippen LogP contribution is -2.27. The van der Waals surface area contributed by atoms with E-state index in [1.165, 1.54) is 10.9 Å². The summed E-state index contributed by atoms with van der Waals surface area (Å²) in [5.41, 5.74) is 3.92. The number of benzene rings is 1. The van der Waals surface area contributed by atoms with Crippen molar-refractivity contribution in [3.63, 3.8) is 0 Å². The predicted octanol–water partition coefficient (Wildman–Crippen LogP) is 3.39. The highest BCUT2D eigenvalue weighted by atomic mass is 32.2. The zero-order valence-electron chi connectivity index (χ0n) is 12.5. The lowest BCUT2D eigenvalue weighted by atomic mass is 10.2. The Balaban J connectivity index is 1.65. The molecule has 0 atom stereocenters. The molecule has 0 aliphatic rings. The first-order valence-electron chi connectivity index (χ1n) is 6.93. The molecule has 6 heteroatoms. The number of carbonyl (C=O) groups is 1. The van der Waals surface area contributed by atoms with Crippen molar-refractivity contribution in [3.05, 3.63) is 47.0 Å². The lowest BCUT2D eigenvalue weighted by Gasteiger charge is -2.15. The number of thiazole rings is 1. The number of aryl methyl sites for hydroxylation is 1. The van der Waals surface area contributed by atoms with Gasteiger partial charge in [0.1, 0.15) is 0 Å². The van der Waals surface area contributed by atoms with E-state index in [1.807, 2.05) is 31.6 Å². The van der Waals surface area contributed by atoms with Crippen LogP contribution in [0.25, 0.3) is 10.9 Å². The Morgan fingerprint density at radius 3 is 3.00 bits per heavy atom. The number of nitrogens with zero attached hydrogens (tertiary/aromatic N) is 3. The smallest absolute Gasteiger partial charge is 0.233 e. The summed E-state index contributed by atoms with van der Waals surface area (Å²) in [4.78, 5) is 19.4. The average Bonchev–Trinajstić information content (AvgIpc) is 3.14. The van der Waals surface area contributed by atoms with Crippen LogP contribution in [0.4, 0.5) is 0 Å². The van der Waals surface area contributed by atoms with Crippen LogP contribution in [0.2, 0.25) is 0 Å². The van der Waals surface area contributed by atoms with Gasteiger partial charge in [0.05, 0.1) is 23.5 Å². The number of hydrogen-bond donors (Lipinski definition) is 0. The maximum atomic E-state index is 12.3. The quantitative estimate of drug-likeness (QED) is 0.673. The second kappa shape index (κ2) is 6.54. The van der Waals surface area contributed by atoms with Crippen molar-refractivity contribution < 1.29 is 4.79 Å². The molecule has 3 rings (SSSR count). The highest BCUT2D eigenvalue weighted by Gasteiger charge is 2.13. The van der Waals surface area contributed by atoms with Crippen LogP contribution in [0.1, 0.15) is 5.69 Å². The molecule has 2 aromatic heterocycles. The van der Waals surface area contributed by atoms with Crippen LogP contribution in [0, 0.1) is 0 Å². The number of aromatic nitrogens is 2. The minimum Gasteiger partial charge on any atom is -0.349 e. The number of rotatable bonds is 5. The molecule has 0 saturated heterocycles. The maximum Gasteiger partial charge on any atom is 0.233 e. The second-order valence-electron chi connectivity index (χ2n) is 5.14. The maximum absolute atomic E-state index is 12.3. The Bertz CT molecular complexity index is 780. The molecule has 0 radical (unpaired) electrons. The molecule has 0 saturated carbocycles. The van der Waals surface area contributed by atoms with Crippen molar-refractivity contribution in [2.45, 2.75) is 11.4 Å². The summed E-state index contributed by atoms with van der Waals surface area (Å²) in [6, 6.07) is 8.25. The molecule has 4 nitrogen and oxygen atoms in total. The van der Waals surface area contributed by atoms with Crippen LogP contribution in [0.5, 0.6) is 0 Å². The number of para-hydroxylation sites is 1. The third-order valence-electron chi connectivity index (χ3n) is 3.52. The topological polar surface area (TPSA) is 38.1 Å². The van der Waals surface area contributed by atoms with Crippen LogP contribution >= 0.6 is 23.1 Å². The Labute approximate surface area is 137 Å². The molecule has 3 aromatic rings. The van der Waals surface area contributed by atoms with Crippen molar-refractivity contribution >= 4 is 39.9 Å². The van der Waals surface area contributed by atoms with E-state index in [0.29, 0.717) is 12.3 Å². The van der Waals surface area contributed by atoms with E-state index in [4.69, 9.17) is 0 Å². The fourth-order valence-corrected chi connectivity index (χ4v) is 3.93. The minimum absolute atomic E-state index is 0.117. The summed E-state index contributed by atoms with van der Waals surface area (Å²) in [6.07, 6.45) is 2.09. The SMILES string of the molecule is CN(Cc1cscn1)C(=O)CSc1cn(C)c2ccccc12. The second-order valence-corrected chi connectivity index (χ2v) is 6.88. The van der Waals surface area contributed by atoms with Crippen LogP contribution in [-0.2, 0) is 18.4 Å². The van der Waals surface area contributed by atoms with Crippen LogP contribution in [0.3, 0.4) is 0 Å². The van der Waals surface area contributed by atoms with Crippen LogP contribution in [-0.4, -0.2) is 33.2 Å². The van der Waals surface area contributed by atoms with Crippen LogP contribution < -0.4 is 0 Å². The third-order valence-corrected chi connectivity index (χ3v) is 5.18. The van der Waals surface area contributed by atoms with E-state index in [9.17, 15) is 4.79 Å². The number of thioether (sulfide) groups is 1. The fourth-order valence-electron chi connectivity index (χ4n) is 2.32. The normalized spacial score (nSPS) is 11.0. The Hall–Kier alpha value is -1.79. The summed E-state index contributed by atoms with van der Waals surface area (Å²) in [7, 11) is 3.86. The van der Waals surface area contributed by atoms with E-state index in [1.54, 1.807) is 33.5 Å². The van der Waals surface area contributed by atoms with Gasteiger partial charge < -0.3 is 9.47 Å². The van der Waals surface area contributed by atoms with Gasteiger partial charge in [-0.05, 0) is 6.07 Å². The largest absolute Gasteiger partial charge is 0.349 e. The molecule has 0 bridgehead atoms. The van der Waals surface area contributed by atoms with Crippen LogP contribution in [0.15, 0.2) is 46.2 Å². The molecular weight excluding hydrogens is 314 g/mol. The van der Waals surface area contributed by atoms with E-state index in [2.05, 4.69) is 27.9 Å². The fraction of sp³-hybridized carbons (Fsp3) is 0.250. The van der Waals surface area contributed by atoms with Gasteiger partial charge in [0.2, 0.25) is 5.91 Å². The predicted molar refractivity (Wildman–Crippen MR) is 92.2 cm³/mol. The van der Waals surface area contributed by atoms with Gasteiger partial charge in [0.25, 0.3) is 0 Å². The molecule has 1 aromatic carbocycles. The van der Waals surface area contributed by atoms with Gasteiger partial charge in [0, 0.05) is 41.5 Å². The number of amides is 1. The first-order chi connectivity index (χ1) is 10.6. The van der Waals surface area contributed by atoms with Gasteiger partial charge in [-0.15, -0.1) is 23.1 Å². The molecule has 0 aliphatic carbocycles. The zero-order valence-corrected chi connectivity index (χ0v) is 14.2. The molecule has 22 heavy (non-hydrogen) atoms. The average molecular weight is 331 g/mol. The first kappa shape index (κ1) is 15.1. The number of fused-ring (bicyclic) bond motifs is 1. The van der Waals surface area contributed by atoms with Gasteiger partial charge >= 0.3 is 0 Å². The van der Waals surface area contributed by atoms with Crippen molar-refractivity contribution in [2.75, 3.05) is 12.8 Å². The van der Waals surface area contributed by atoms with E-state index in [0.717, 1.165) is 10.6 Å². The Morgan fingerprint density at radius 1 is 1.41 bits per heavy atom. The molecular formula is C16H17N3OS2. The third kappa shape index (κ3) is 3.18. The van der Waals surface area contributed by atoms with Crippen molar-refractivity contribution in [1.82, 2.24) is 14.5 Å². The monoisotopic (exact) mass is 331 g/mol. The molecule has 114 valence electrons. The summed E-state index contributed by atoms with van der Waals surface area (Å²) in [5.74, 6) is 0.556. The molecule has 0 aliphatic heterocycles. The van der Waals surface area contributed by atoms with Gasteiger partial charge in [-0.1, -0.05) is 18.2 Å². The van der Waals surface area contributed by atoms with E-state index >= 15 is 0 Å². The summed E-state index contributed by atoms with van der Waals surface area (Å²) < 4.78 is 2.10. The first-order valence-corrected chi connectivity index (χ1v) is 8.86. The highest BCUT2D eigenvalue weighted by Crippen LogP contribution is 2.29. The highest BCUT2D eigenvalue weighted by molar-refractivity contribution is 8.00. The Kier molecular flexibility index (Phi) is 4.49. The summed E-state index contributed by atoms with van der Waals surface area (Å²) in [6.45, 7) is 0.568. The summed E-state index contributed by atoms with van der Waals surface area (Å²) in [5, 5.41) is 3.17. The van der Waals surface area contributed by atoms with E-state index < -0.39 is 0 Å². The lowest BCUT2D eigenvalue weighted by molar-refractivity contribution is -0.127. The van der Waals surface area contributed by atoms with Gasteiger partial charge in [-0.2, -0.15) is 0 Å². The molecule has 0 unspecified atom stereocenters. The zero-order chi connectivity index (χ0) is 15.5. The van der Waals surface area contributed by atoms with Gasteiger partial charge in [-0.25, -0.2) is 4.98 Å². The molecule has 0 fully saturated rings.